The lowest BCUT2D eigenvalue weighted by Gasteiger charge is -1.95. The predicted molar refractivity (Wildman–Crippen MR) is 58.1 cm³/mol. The molecule has 2 rings (SSSR count). The zero-order valence-corrected chi connectivity index (χ0v) is 8.24. The minimum atomic E-state index is -0.196. The first-order valence-corrected chi connectivity index (χ1v) is 4.52. The molecular formula is C10H13N3O. The van der Waals surface area contributed by atoms with E-state index >= 15 is 0 Å². The summed E-state index contributed by atoms with van der Waals surface area (Å²) in [6, 6.07) is 7.06. The van der Waals surface area contributed by atoms with E-state index in [0.717, 1.165) is 0 Å². The van der Waals surface area contributed by atoms with Gasteiger partial charge in [-0.25, -0.2) is 4.98 Å². The number of rotatable bonds is 0. The van der Waals surface area contributed by atoms with Crippen LogP contribution in [0.15, 0.2) is 29.1 Å². The molecule has 0 saturated carbocycles. The van der Waals surface area contributed by atoms with Crippen molar-refractivity contribution in [2.75, 3.05) is 5.73 Å². The van der Waals surface area contributed by atoms with Crippen molar-refractivity contribution in [3.8, 4) is 0 Å². The highest BCUT2D eigenvalue weighted by molar-refractivity contribution is 5.77. The fraction of sp³-hybridized carbons (Fsp3) is 0.200. The van der Waals surface area contributed by atoms with Crippen LogP contribution in [-0.2, 0) is 0 Å². The van der Waals surface area contributed by atoms with Crippen LogP contribution in [0.3, 0.4) is 0 Å². The lowest BCUT2D eigenvalue weighted by molar-refractivity contribution is 1.19. The molecule has 0 aliphatic heterocycles. The van der Waals surface area contributed by atoms with Gasteiger partial charge in [-0.3, -0.25) is 9.78 Å². The molecular weight excluding hydrogens is 178 g/mol. The van der Waals surface area contributed by atoms with E-state index in [0.29, 0.717) is 10.9 Å². The highest BCUT2D eigenvalue weighted by Crippen LogP contribution is 2.05. The second-order valence-electron chi connectivity index (χ2n) is 2.47. The van der Waals surface area contributed by atoms with Gasteiger partial charge in [0.2, 0.25) is 5.95 Å². The van der Waals surface area contributed by atoms with Crippen LogP contribution < -0.4 is 11.3 Å². The molecule has 74 valence electrons. The van der Waals surface area contributed by atoms with Crippen molar-refractivity contribution >= 4 is 16.9 Å². The van der Waals surface area contributed by atoms with Gasteiger partial charge in [0.25, 0.3) is 5.56 Å². The van der Waals surface area contributed by atoms with Crippen molar-refractivity contribution in [1.29, 1.82) is 0 Å². The zero-order valence-electron chi connectivity index (χ0n) is 8.24. The quantitative estimate of drug-likeness (QED) is 0.663. The number of nitrogen functional groups attached to an aromatic ring is 1. The highest BCUT2D eigenvalue weighted by atomic mass is 16.1. The topological polar surface area (TPSA) is 71.8 Å². The van der Waals surface area contributed by atoms with Gasteiger partial charge in [0.15, 0.2) is 0 Å². The number of H-pyrrole nitrogens is 1. The minimum Gasteiger partial charge on any atom is -0.369 e. The molecule has 0 saturated heterocycles. The fourth-order valence-electron chi connectivity index (χ4n) is 1.10. The van der Waals surface area contributed by atoms with Crippen molar-refractivity contribution < 1.29 is 0 Å². The van der Waals surface area contributed by atoms with E-state index in [2.05, 4.69) is 9.97 Å². The van der Waals surface area contributed by atoms with Crippen LogP contribution in [0.2, 0.25) is 0 Å². The normalized spacial score (nSPS) is 9.29. The summed E-state index contributed by atoms with van der Waals surface area (Å²) in [5, 5.41) is 0.562. The average molecular weight is 191 g/mol. The third kappa shape index (κ3) is 1.90. The number of hydrogen-bond donors (Lipinski definition) is 2. The third-order valence-corrected chi connectivity index (χ3v) is 1.63. The summed E-state index contributed by atoms with van der Waals surface area (Å²) in [6.45, 7) is 4.00. The van der Waals surface area contributed by atoms with Gasteiger partial charge in [-0.1, -0.05) is 26.0 Å². The van der Waals surface area contributed by atoms with E-state index in [1.807, 2.05) is 19.9 Å². The maximum atomic E-state index is 11.2. The van der Waals surface area contributed by atoms with E-state index in [1.54, 1.807) is 18.2 Å². The molecule has 0 fully saturated rings. The highest BCUT2D eigenvalue weighted by Gasteiger charge is 1.98. The van der Waals surface area contributed by atoms with E-state index in [-0.39, 0.29) is 11.5 Å². The summed E-state index contributed by atoms with van der Waals surface area (Å²) < 4.78 is 0. The Morgan fingerprint density at radius 1 is 1.29 bits per heavy atom. The number of aromatic nitrogens is 2. The van der Waals surface area contributed by atoms with Crippen molar-refractivity contribution in [1.82, 2.24) is 9.97 Å². The first-order valence-electron chi connectivity index (χ1n) is 4.52. The second-order valence-corrected chi connectivity index (χ2v) is 2.47. The Hall–Kier alpha value is -1.84. The molecule has 1 aromatic carbocycles. The summed E-state index contributed by atoms with van der Waals surface area (Å²) in [5.74, 6) is 0.152. The zero-order chi connectivity index (χ0) is 10.6. The van der Waals surface area contributed by atoms with Gasteiger partial charge >= 0.3 is 0 Å². The molecule has 0 bridgehead atoms. The molecule has 0 amide bonds. The minimum absolute atomic E-state index is 0.152. The maximum Gasteiger partial charge on any atom is 0.260 e. The van der Waals surface area contributed by atoms with Gasteiger partial charge in [0.05, 0.1) is 10.9 Å². The lowest BCUT2D eigenvalue weighted by atomic mass is 10.2. The number of nitrogens with one attached hydrogen (secondary N) is 1. The Labute approximate surface area is 81.8 Å². The van der Waals surface area contributed by atoms with Crippen molar-refractivity contribution in [3.05, 3.63) is 34.6 Å². The molecule has 0 atom stereocenters. The lowest BCUT2D eigenvalue weighted by Crippen LogP contribution is -2.10. The van der Waals surface area contributed by atoms with Crippen LogP contribution >= 0.6 is 0 Å². The standard InChI is InChI=1S/C8H7N3O.C2H6/c9-8-10-6-4-2-1-3-5(6)7(12)11-8;1-2/h1-4H,(H3,9,10,11,12);1-2H3. The molecule has 1 heterocycles. The molecule has 2 aromatic rings. The summed E-state index contributed by atoms with van der Waals surface area (Å²) in [4.78, 5) is 17.6. The predicted octanol–water partition coefficient (Wildman–Crippen LogP) is 1.53. The van der Waals surface area contributed by atoms with Gasteiger partial charge < -0.3 is 5.73 Å². The van der Waals surface area contributed by atoms with Crippen molar-refractivity contribution in [2.24, 2.45) is 0 Å². The monoisotopic (exact) mass is 191 g/mol. The molecule has 4 nitrogen and oxygen atoms in total. The Kier molecular flexibility index (Phi) is 3.23. The average Bonchev–Trinajstić information content (AvgIpc) is 2.20. The molecule has 0 spiro atoms. The van der Waals surface area contributed by atoms with Crippen LogP contribution in [0.25, 0.3) is 10.9 Å². The van der Waals surface area contributed by atoms with Crippen LogP contribution in [0.5, 0.6) is 0 Å². The smallest absolute Gasteiger partial charge is 0.260 e. The van der Waals surface area contributed by atoms with Gasteiger partial charge in [0.1, 0.15) is 0 Å². The van der Waals surface area contributed by atoms with Crippen molar-refractivity contribution in [3.63, 3.8) is 0 Å². The van der Waals surface area contributed by atoms with Gasteiger partial charge in [-0.05, 0) is 12.1 Å². The van der Waals surface area contributed by atoms with Crippen LogP contribution in [0, 0.1) is 0 Å². The van der Waals surface area contributed by atoms with Crippen LogP contribution in [0.1, 0.15) is 13.8 Å². The first kappa shape index (κ1) is 10.2. The number of hydrogen-bond acceptors (Lipinski definition) is 3. The van der Waals surface area contributed by atoms with Gasteiger partial charge in [0, 0.05) is 0 Å². The van der Waals surface area contributed by atoms with Gasteiger partial charge in [-0.2, -0.15) is 0 Å². The summed E-state index contributed by atoms with van der Waals surface area (Å²) in [7, 11) is 0. The molecule has 3 N–H and O–H groups in total. The molecule has 0 aliphatic rings. The maximum absolute atomic E-state index is 11.2. The van der Waals surface area contributed by atoms with E-state index in [4.69, 9.17) is 5.73 Å². The summed E-state index contributed by atoms with van der Waals surface area (Å²) in [5.41, 5.74) is 5.79. The number of benzene rings is 1. The van der Waals surface area contributed by atoms with E-state index < -0.39 is 0 Å². The van der Waals surface area contributed by atoms with Crippen LogP contribution in [0.4, 0.5) is 5.95 Å². The molecule has 1 aromatic heterocycles. The Balaban J connectivity index is 0.000000461. The van der Waals surface area contributed by atoms with Crippen molar-refractivity contribution in [2.45, 2.75) is 13.8 Å². The number of para-hydroxylation sites is 1. The molecule has 0 aliphatic carbocycles. The molecule has 0 unspecified atom stereocenters. The SMILES string of the molecule is CC.Nc1nc2ccccc2c(=O)[nH]1. The number of fused-ring (bicyclic) bond motifs is 1. The Bertz CT molecular complexity index is 476. The number of nitrogens with zero attached hydrogens (tertiary/aromatic N) is 1. The fourth-order valence-corrected chi connectivity index (χ4v) is 1.10. The second kappa shape index (κ2) is 4.41. The van der Waals surface area contributed by atoms with Crippen LogP contribution in [-0.4, -0.2) is 9.97 Å². The number of anilines is 1. The van der Waals surface area contributed by atoms with Gasteiger partial charge in [-0.15, -0.1) is 0 Å². The van der Waals surface area contributed by atoms with E-state index in [9.17, 15) is 4.79 Å². The summed E-state index contributed by atoms with van der Waals surface area (Å²) >= 11 is 0. The third-order valence-electron chi connectivity index (χ3n) is 1.63. The first-order chi connectivity index (χ1) is 6.77. The molecule has 4 heteroatoms. The Morgan fingerprint density at radius 2 is 1.93 bits per heavy atom. The molecule has 14 heavy (non-hydrogen) atoms. The largest absolute Gasteiger partial charge is 0.369 e. The van der Waals surface area contributed by atoms with E-state index in [1.165, 1.54) is 0 Å². The molecule has 0 radical (unpaired) electrons. The Morgan fingerprint density at radius 3 is 2.64 bits per heavy atom. The number of nitrogens with two attached hydrogens (primary N) is 1. The summed E-state index contributed by atoms with van der Waals surface area (Å²) in [6.07, 6.45) is 0. The number of aromatic amines is 1.